The fourth-order valence-corrected chi connectivity index (χ4v) is 3.54. The Labute approximate surface area is 92.8 Å². The molecule has 15 heavy (non-hydrogen) atoms. The van der Waals surface area contributed by atoms with Gasteiger partial charge in [-0.1, -0.05) is 17.7 Å². The van der Waals surface area contributed by atoms with Crippen molar-refractivity contribution in [2.75, 3.05) is 13.1 Å². The van der Waals surface area contributed by atoms with Crippen molar-refractivity contribution < 1.29 is 0 Å². The molecule has 2 bridgehead atoms. The third-order valence-corrected chi connectivity index (χ3v) is 4.12. The van der Waals surface area contributed by atoms with Crippen molar-refractivity contribution in [3.63, 3.8) is 0 Å². The van der Waals surface area contributed by atoms with Gasteiger partial charge in [-0.25, -0.2) is 0 Å². The van der Waals surface area contributed by atoms with Crippen LogP contribution in [0.1, 0.15) is 39.0 Å². The van der Waals surface area contributed by atoms with Gasteiger partial charge in [-0.15, -0.1) is 0 Å². The third-order valence-electron chi connectivity index (χ3n) is 4.12. The Morgan fingerprint density at radius 3 is 2.53 bits per heavy atom. The highest BCUT2D eigenvalue weighted by molar-refractivity contribution is 5.20. The molecule has 1 aliphatic heterocycles. The molecule has 0 aromatic rings. The van der Waals surface area contributed by atoms with Crippen LogP contribution in [-0.4, -0.2) is 18.0 Å². The molecule has 0 saturated carbocycles. The number of likely N-dealkylation sites (tertiary alicyclic amines) is 1. The van der Waals surface area contributed by atoms with E-state index in [0.29, 0.717) is 0 Å². The van der Waals surface area contributed by atoms with Crippen molar-refractivity contribution in [3.8, 4) is 0 Å². The Bertz CT molecular complexity index is 307. The highest BCUT2D eigenvalue weighted by Gasteiger charge is 2.28. The smallest absolute Gasteiger partial charge is 0.0175 e. The maximum Gasteiger partial charge on any atom is 0.0175 e. The lowest BCUT2D eigenvalue weighted by Crippen LogP contribution is -2.27. The molecule has 2 atom stereocenters. The SMILES string of the molecule is CC1=C[C@H]2CC(N3CCCC3)=C[C@@H](C1)C2. The van der Waals surface area contributed by atoms with E-state index < -0.39 is 0 Å². The van der Waals surface area contributed by atoms with Gasteiger partial charge in [-0.3, -0.25) is 0 Å². The van der Waals surface area contributed by atoms with Crippen molar-refractivity contribution in [1.82, 2.24) is 4.90 Å². The van der Waals surface area contributed by atoms with Gasteiger partial charge in [-0.05, 0) is 50.9 Å². The Morgan fingerprint density at radius 2 is 1.80 bits per heavy atom. The van der Waals surface area contributed by atoms with E-state index in [-0.39, 0.29) is 0 Å². The minimum Gasteiger partial charge on any atom is -0.375 e. The van der Waals surface area contributed by atoms with Crippen LogP contribution in [-0.2, 0) is 0 Å². The summed E-state index contributed by atoms with van der Waals surface area (Å²) in [5.41, 5.74) is 3.28. The van der Waals surface area contributed by atoms with Crippen molar-refractivity contribution in [2.24, 2.45) is 11.8 Å². The molecule has 0 aromatic heterocycles. The van der Waals surface area contributed by atoms with E-state index >= 15 is 0 Å². The second-order valence-electron chi connectivity index (χ2n) is 5.53. The van der Waals surface area contributed by atoms with Crippen LogP contribution >= 0.6 is 0 Å². The van der Waals surface area contributed by atoms with E-state index in [2.05, 4.69) is 24.0 Å². The summed E-state index contributed by atoms with van der Waals surface area (Å²) in [6.45, 7) is 4.93. The molecular weight excluding hydrogens is 182 g/mol. The van der Waals surface area contributed by atoms with Gasteiger partial charge in [0, 0.05) is 18.8 Å². The van der Waals surface area contributed by atoms with Crippen molar-refractivity contribution in [1.29, 1.82) is 0 Å². The predicted molar refractivity (Wildman–Crippen MR) is 63.5 cm³/mol. The van der Waals surface area contributed by atoms with Crippen molar-refractivity contribution >= 4 is 0 Å². The van der Waals surface area contributed by atoms with Gasteiger partial charge >= 0.3 is 0 Å². The highest BCUT2D eigenvalue weighted by Crippen LogP contribution is 2.39. The molecule has 1 fully saturated rings. The van der Waals surface area contributed by atoms with E-state index in [1.54, 1.807) is 11.3 Å². The molecule has 0 N–H and O–H groups in total. The van der Waals surface area contributed by atoms with Crippen LogP contribution in [0.25, 0.3) is 0 Å². The standard InChI is InChI=1S/C14H21N/c1-11-6-12-8-13(7-11)10-14(9-12)15-4-2-3-5-15/h6,10,12-13H,2-5,7-9H2,1H3/t12-,13+/m1/s1. The quantitative estimate of drug-likeness (QED) is 0.591. The first kappa shape index (κ1) is 9.50. The zero-order valence-electron chi connectivity index (χ0n) is 9.71. The topological polar surface area (TPSA) is 3.24 Å². The number of hydrogen-bond donors (Lipinski definition) is 0. The zero-order chi connectivity index (χ0) is 10.3. The maximum atomic E-state index is 2.63. The Hall–Kier alpha value is -0.720. The van der Waals surface area contributed by atoms with Crippen LogP contribution < -0.4 is 0 Å². The number of fused-ring (bicyclic) bond motifs is 2. The summed E-state index contributed by atoms with van der Waals surface area (Å²) in [7, 11) is 0. The van der Waals surface area contributed by atoms with Gasteiger partial charge in [0.05, 0.1) is 0 Å². The summed E-state index contributed by atoms with van der Waals surface area (Å²) in [5.74, 6) is 1.70. The predicted octanol–water partition coefficient (Wildman–Crippen LogP) is 3.34. The normalized spacial score (nSPS) is 35.1. The molecule has 3 rings (SSSR count). The molecule has 0 radical (unpaired) electrons. The summed E-state index contributed by atoms with van der Waals surface area (Å²) < 4.78 is 0. The van der Waals surface area contributed by atoms with Crippen LogP contribution in [0, 0.1) is 11.8 Å². The lowest BCUT2D eigenvalue weighted by molar-refractivity contribution is 0.330. The van der Waals surface area contributed by atoms with Gasteiger partial charge in [0.15, 0.2) is 0 Å². The summed E-state index contributed by atoms with van der Waals surface area (Å²) in [6, 6.07) is 0. The van der Waals surface area contributed by atoms with Gasteiger partial charge in [-0.2, -0.15) is 0 Å². The van der Waals surface area contributed by atoms with E-state index in [0.717, 1.165) is 11.8 Å². The first-order valence-corrected chi connectivity index (χ1v) is 6.44. The summed E-state index contributed by atoms with van der Waals surface area (Å²) in [5, 5.41) is 0. The second-order valence-corrected chi connectivity index (χ2v) is 5.53. The molecule has 0 aromatic carbocycles. The first-order chi connectivity index (χ1) is 7.31. The number of nitrogens with zero attached hydrogens (tertiary/aromatic N) is 1. The average Bonchev–Trinajstić information content (AvgIpc) is 2.67. The van der Waals surface area contributed by atoms with Crippen LogP contribution in [0.5, 0.6) is 0 Å². The van der Waals surface area contributed by atoms with Crippen LogP contribution in [0.3, 0.4) is 0 Å². The largest absolute Gasteiger partial charge is 0.375 e. The van der Waals surface area contributed by atoms with Gasteiger partial charge in [0.2, 0.25) is 0 Å². The van der Waals surface area contributed by atoms with E-state index in [1.165, 1.54) is 45.2 Å². The van der Waals surface area contributed by atoms with E-state index in [4.69, 9.17) is 0 Å². The minimum absolute atomic E-state index is 0.851. The molecule has 82 valence electrons. The molecule has 0 amide bonds. The van der Waals surface area contributed by atoms with Crippen molar-refractivity contribution in [3.05, 3.63) is 23.4 Å². The average molecular weight is 203 g/mol. The van der Waals surface area contributed by atoms with Crippen molar-refractivity contribution in [2.45, 2.75) is 39.0 Å². The second kappa shape index (κ2) is 3.70. The number of hydrogen-bond acceptors (Lipinski definition) is 1. The highest BCUT2D eigenvalue weighted by atomic mass is 15.1. The molecule has 0 spiro atoms. The fourth-order valence-electron chi connectivity index (χ4n) is 3.54. The molecule has 1 heteroatoms. The lowest BCUT2D eigenvalue weighted by Gasteiger charge is -2.35. The summed E-state index contributed by atoms with van der Waals surface area (Å²) in [6.07, 6.45) is 12.0. The minimum atomic E-state index is 0.851. The molecular formula is C14H21N. The maximum absolute atomic E-state index is 2.63. The summed E-state index contributed by atoms with van der Waals surface area (Å²) >= 11 is 0. The zero-order valence-corrected chi connectivity index (χ0v) is 9.71. The molecule has 1 saturated heterocycles. The van der Waals surface area contributed by atoms with Gasteiger partial charge < -0.3 is 4.90 Å². The van der Waals surface area contributed by atoms with Gasteiger partial charge in [0.25, 0.3) is 0 Å². The molecule has 1 heterocycles. The first-order valence-electron chi connectivity index (χ1n) is 6.44. The number of rotatable bonds is 1. The van der Waals surface area contributed by atoms with E-state index in [1.807, 2.05) is 0 Å². The molecule has 2 aliphatic carbocycles. The molecule has 1 nitrogen and oxygen atoms in total. The Balaban J connectivity index is 1.77. The fraction of sp³-hybridized carbons (Fsp3) is 0.714. The van der Waals surface area contributed by atoms with Crippen LogP contribution in [0.4, 0.5) is 0 Å². The van der Waals surface area contributed by atoms with Gasteiger partial charge in [0.1, 0.15) is 0 Å². The van der Waals surface area contributed by atoms with E-state index in [9.17, 15) is 0 Å². The van der Waals surface area contributed by atoms with Crippen LogP contribution in [0.2, 0.25) is 0 Å². The Kier molecular flexibility index (Phi) is 2.34. The lowest BCUT2D eigenvalue weighted by atomic mass is 9.76. The number of allylic oxidation sites excluding steroid dienone is 4. The third kappa shape index (κ3) is 1.84. The molecule has 0 unspecified atom stereocenters. The Morgan fingerprint density at radius 1 is 1.07 bits per heavy atom. The summed E-state index contributed by atoms with van der Waals surface area (Å²) in [4.78, 5) is 2.63. The molecule has 3 aliphatic rings. The van der Waals surface area contributed by atoms with Crippen LogP contribution in [0.15, 0.2) is 23.4 Å². The monoisotopic (exact) mass is 203 g/mol.